The van der Waals surface area contributed by atoms with Crippen LogP contribution in [0.3, 0.4) is 0 Å². The Hall–Kier alpha value is -1.24. The minimum Gasteiger partial charge on any atom is -0.363 e. The van der Waals surface area contributed by atoms with Gasteiger partial charge in [0.15, 0.2) is 0 Å². The van der Waals surface area contributed by atoms with Crippen LogP contribution in [0, 0.1) is 10.1 Å². The Morgan fingerprint density at radius 3 is 2.94 bits per heavy atom. The topological polar surface area (TPSA) is 73.0 Å². The molecule has 6 nitrogen and oxygen atoms in total. The average molecular weight is 258 g/mol. The number of nitrogens with one attached hydrogen (secondary N) is 1. The summed E-state index contributed by atoms with van der Waals surface area (Å²) in [7, 11) is 1.68. The Bertz CT molecular complexity index is 367. The normalized spacial score (nSPS) is 10.5. The highest BCUT2D eigenvalue weighted by molar-refractivity contribution is 7.98. The van der Waals surface area contributed by atoms with Crippen LogP contribution in [-0.2, 0) is 7.05 Å². The highest BCUT2D eigenvalue weighted by Gasteiger charge is 2.17. The standard InChI is InChI=1S/C10H18N4O2S/c1-13-8-9(14(15)16)10(12-13)11-6-4-3-5-7-17-2/h8H,3-7H2,1-2H3,(H,11,12). The summed E-state index contributed by atoms with van der Waals surface area (Å²) >= 11 is 1.84. The van der Waals surface area contributed by atoms with Gasteiger partial charge in [-0.25, -0.2) is 0 Å². The number of aromatic nitrogens is 2. The van der Waals surface area contributed by atoms with Gasteiger partial charge in [0.1, 0.15) is 6.20 Å². The predicted octanol–water partition coefficient (Wildman–Crippen LogP) is 2.27. The molecule has 96 valence electrons. The highest BCUT2D eigenvalue weighted by atomic mass is 32.2. The third-order valence-corrected chi connectivity index (χ3v) is 3.02. The number of thioether (sulfide) groups is 1. The van der Waals surface area contributed by atoms with Crippen LogP contribution < -0.4 is 5.32 Å². The largest absolute Gasteiger partial charge is 0.363 e. The zero-order valence-corrected chi connectivity index (χ0v) is 11.0. The van der Waals surface area contributed by atoms with Gasteiger partial charge in [0.25, 0.3) is 0 Å². The quantitative estimate of drug-likeness (QED) is 0.440. The Kier molecular flexibility index (Phi) is 5.82. The smallest absolute Gasteiger partial charge is 0.330 e. The fourth-order valence-corrected chi connectivity index (χ4v) is 1.98. The van der Waals surface area contributed by atoms with E-state index in [2.05, 4.69) is 16.7 Å². The van der Waals surface area contributed by atoms with Gasteiger partial charge in [0, 0.05) is 13.6 Å². The molecular formula is C10H18N4O2S. The number of unbranched alkanes of at least 4 members (excludes halogenated alkanes) is 2. The molecule has 0 spiro atoms. The van der Waals surface area contributed by atoms with Gasteiger partial charge in [-0.05, 0) is 24.9 Å². The molecule has 0 bridgehead atoms. The molecular weight excluding hydrogens is 240 g/mol. The third-order valence-electron chi connectivity index (χ3n) is 2.32. The van der Waals surface area contributed by atoms with Gasteiger partial charge in [0.05, 0.1) is 4.92 Å². The van der Waals surface area contributed by atoms with Crippen molar-refractivity contribution in [1.82, 2.24) is 9.78 Å². The predicted molar refractivity (Wildman–Crippen MR) is 70.6 cm³/mol. The van der Waals surface area contributed by atoms with E-state index in [4.69, 9.17) is 0 Å². The van der Waals surface area contributed by atoms with Gasteiger partial charge in [-0.2, -0.15) is 11.8 Å². The molecule has 0 fully saturated rings. The first kappa shape index (κ1) is 13.8. The minimum absolute atomic E-state index is 0.0385. The number of hydrogen-bond donors (Lipinski definition) is 1. The van der Waals surface area contributed by atoms with Crippen LogP contribution in [0.2, 0.25) is 0 Å². The van der Waals surface area contributed by atoms with Crippen LogP contribution in [-0.4, -0.2) is 33.3 Å². The molecule has 1 N–H and O–H groups in total. The van der Waals surface area contributed by atoms with Crippen molar-refractivity contribution in [3.63, 3.8) is 0 Å². The lowest BCUT2D eigenvalue weighted by molar-refractivity contribution is -0.384. The summed E-state index contributed by atoms with van der Waals surface area (Å²) in [5, 5.41) is 17.8. The molecule has 0 amide bonds. The summed E-state index contributed by atoms with van der Waals surface area (Å²) < 4.78 is 1.45. The molecule has 0 aliphatic rings. The molecule has 7 heteroatoms. The molecule has 0 radical (unpaired) electrons. The van der Waals surface area contributed by atoms with E-state index in [1.807, 2.05) is 11.8 Å². The zero-order chi connectivity index (χ0) is 12.7. The second-order valence-electron chi connectivity index (χ2n) is 3.77. The number of nitrogens with zero attached hydrogens (tertiary/aromatic N) is 3. The van der Waals surface area contributed by atoms with Crippen molar-refractivity contribution in [2.45, 2.75) is 19.3 Å². The van der Waals surface area contributed by atoms with Gasteiger partial charge in [-0.3, -0.25) is 14.8 Å². The first-order valence-electron chi connectivity index (χ1n) is 5.56. The maximum Gasteiger partial charge on any atom is 0.330 e. The van der Waals surface area contributed by atoms with Crippen molar-refractivity contribution in [2.24, 2.45) is 7.05 Å². The second kappa shape index (κ2) is 7.16. The molecule has 0 aliphatic carbocycles. The Morgan fingerprint density at radius 2 is 2.29 bits per heavy atom. The van der Waals surface area contributed by atoms with Crippen LogP contribution in [0.4, 0.5) is 11.5 Å². The SMILES string of the molecule is CSCCCCCNc1nn(C)cc1[N+](=O)[O-]. The monoisotopic (exact) mass is 258 g/mol. The van der Waals surface area contributed by atoms with E-state index >= 15 is 0 Å². The number of hydrogen-bond acceptors (Lipinski definition) is 5. The molecule has 0 saturated heterocycles. The van der Waals surface area contributed by atoms with Crippen molar-refractivity contribution < 1.29 is 4.92 Å². The Balaban J connectivity index is 2.33. The van der Waals surface area contributed by atoms with E-state index in [-0.39, 0.29) is 5.69 Å². The molecule has 0 aromatic carbocycles. The van der Waals surface area contributed by atoms with E-state index in [1.165, 1.54) is 23.1 Å². The van der Waals surface area contributed by atoms with Gasteiger partial charge in [0.2, 0.25) is 5.82 Å². The van der Waals surface area contributed by atoms with E-state index in [0.29, 0.717) is 5.82 Å². The van der Waals surface area contributed by atoms with Gasteiger partial charge < -0.3 is 5.32 Å². The molecule has 1 heterocycles. The van der Waals surface area contributed by atoms with Crippen molar-refractivity contribution in [3.8, 4) is 0 Å². The molecule has 1 rings (SSSR count). The highest BCUT2D eigenvalue weighted by Crippen LogP contribution is 2.21. The molecule has 0 unspecified atom stereocenters. The van der Waals surface area contributed by atoms with E-state index in [1.54, 1.807) is 7.05 Å². The maximum atomic E-state index is 10.7. The van der Waals surface area contributed by atoms with Gasteiger partial charge in [-0.1, -0.05) is 6.42 Å². The van der Waals surface area contributed by atoms with Gasteiger partial charge in [-0.15, -0.1) is 5.10 Å². The van der Waals surface area contributed by atoms with E-state index in [0.717, 1.165) is 19.4 Å². The first-order chi connectivity index (χ1) is 8.15. The molecule has 1 aromatic rings. The van der Waals surface area contributed by atoms with Crippen LogP contribution in [0.15, 0.2) is 6.20 Å². The van der Waals surface area contributed by atoms with Crippen LogP contribution in [0.1, 0.15) is 19.3 Å². The lowest BCUT2D eigenvalue weighted by atomic mass is 10.2. The number of rotatable bonds is 8. The number of nitro groups is 1. The summed E-state index contributed by atoms with van der Waals surface area (Å²) in [4.78, 5) is 10.3. The molecule has 0 aliphatic heterocycles. The second-order valence-corrected chi connectivity index (χ2v) is 4.76. The summed E-state index contributed by atoms with van der Waals surface area (Å²) in [5.41, 5.74) is 0.0385. The summed E-state index contributed by atoms with van der Waals surface area (Å²) in [6, 6.07) is 0. The minimum atomic E-state index is -0.414. The van der Waals surface area contributed by atoms with Crippen molar-refractivity contribution in [3.05, 3.63) is 16.3 Å². The Labute approximate surface area is 105 Å². The first-order valence-corrected chi connectivity index (χ1v) is 6.95. The fourth-order valence-electron chi connectivity index (χ4n) is 1.49. The number of anilines is 1. The van der Waals surface area contributed by atoms with Crippen LogP contribution in [0.5, 0.6) is 0 Å². The van der Waals surface area contributed by atoms with Crippen molar-refractivity contribution in [2.75, 3.05) is 23.9 Å². The van der Waals surface area contributed by atoms with Crippen LogP contribution >= 0.6 is 11.8 Å². The zero-order valence-electron chi connectivity index (χ0n) is 10.2. The maximum absolute atomic E-state index is 10.7. The fraction of sp³-hybridized carbons (Fsp3) is 0.700. The molecule has 0 saturated carbocycles. The average Bonchev–Trinajstić information content (AvgIpc) is 2.65. The van der Waals surface area contributed by atoms with E-state index in [9.17, 15) is 10.1 Å². The number of aryl methyl sites for hydroxylation is 1. The van der Waals surface area contributed by atoms with Crippen molar-refractivity contribution in [1.29, 1.82) is 0 Å². The molecule has 17 heavy (non-hydrogen) atoms. The Morgan fingerprint density at radius 1 is 1.53 bits per heavy atom. The van der Waals surface area contributed by atoms with E-state index < -0.39 is 4.92 Å². The summed E-state index contributed by atoms with van der Waals surface area (Å²) in [5.74, 6) is 1.53. The van der Waals surface area contributed by atoms with Gasteiger partial charge >= 0.3 is 5.69 Å². The lowest BCUT2D eigenvalue weighted by Crippen LogP contribution is -2.04. The van der Waals surface area contributed by atoms with Crippen LogP contribution in [0.25, 0.3) is 0 Å². The van der Waals surface area contributed by atoms with Crippen molar-refractivity contribution >= 4 is 23.3 Å². The molecule has 1 aromatic heterocycles. The summed E-state index contributed by atoms with van der Waals surface area (Å²) in [6.07, 6.45) is 6.83. The molecule has 0 atom stereocenters. The lowest BCUT2D eigenvalue weighted by Gasteiger charge is -2.02. The summed E-state index contributed by atoms with van der Waals surface area (Å²) in [6.45, 7) is 0.728. The third kappa shape index (κ3) is 4.64.